The van der Waals surface area contributed by atoms with Crippen molar-refractivity contribution < 1.29 is 9.53 Å². The Bertz CT molecular complexity index is 1010. The molecule has 1 aliphatic heterocycles. The Morgan fingerprint density at radius 2 is 1.93 bits per heavy atom. The van der Waals surface area contributed by atoms with Crippen LogP contribution in [0.15, 0.2) is 65.6 Å². The van der Waals surface area contributed by atoms with Gasteiger partial charge in [0, 0.05) is 31.5 Å². The summed E-state index contributed by atoms with van der Waals surface area (Å²) in [6.07, 6.45) is 1.94. The van der Waals surface area contributed by atoms with Gasteiger partial charge in [-0.25, -0.2) is 0 Å². The Kier molecular flexibility index (Phi) is 4.60. The van der Waals surface area contributed by atoms with Crippen molar-refractivity contribution in [1.29, 1.82) is 0 Å². The average molecular weight is 364 g/mol. The van der Waals surface area contributed by atoms with Gasteiger partial charge in [-0.2, -0.15) is 9.78 Å². The van der Waals surface area contributed by atoms with E-state index >= 15 is 0 Å². The first-order chi connectivity index (χ1) is 13.1. The minimum atomic E-state index is -0.279. The van der Waals surface area contributed by atoms with Crippen LogP contribution in [0.3, 0.4) is 0 Å². The molecule has 0 unspecified atom stereocenters. The molecule has 1 aromatic carbocycles. The summed E-state index contributed by atoms with van der Waals surface area (Å²) in [5.74, 6) is -0.214. The number of nitrogens with zero attached hydrogens (tertiary/aromatic N) is 4. The summed E-state index contributed by atoms with van der Waals surface area (Å²) in [6, 6.07) is 15.7. The Morgan fingerprint density at radius 1 is 1.11 bits per heavy atom. The predicted molar refractivity (Wildman–Crippen MR) is 99.8 cm³/mol. The van der Waals surface area contributed by atoms with Gasteiger partial charge in [0.25, 0.3) is 11.5 Å². The molecule has 0 bridgehead atoms. The molecule has 7 nitrogen and oxygen atoms in total. The maximum absolute atomic E-state index is 13.2. The number of aromatic nitrogens is 3. The molecule has 3 heterocycles. The van der Waals surface area contributed by atoms with Gasteiger partial charge in [0.2, 0.25) is 0 Å². The fourth-order valence-corrected chi connectivity index (χ4v) is 3.34. The maximum atomic E-state index is 13.2. The SMILES string of the molecule is Cn1cccc1[C@H]1COCCN1C(=O)c1ccc(=O)n(-c2ccccc2)n1. The lowest BCUT2D eigenvalue weighted by Gasteiger charge is -2.35. The molecule has 0 spiro atoms. The van der Waals surface area contributed by atoms with Crippen molar-refractivity contribution in [1.82, 2.24) is 19.2 Å². The largest absolute Gasteiger partial charge is 0.377 e. The molecular weight excluding hydrogens is 344 g/mol. The second-order valence-corrected chi connectivity index (χ2v) is 6.44. The van der Waals surface area contributed by atoms with Crippen LogP contribution in [0.25, 0.3) is 5.69 Å². The number of hydrogen-bond donors (Lipinski definition) is 0. The molecule has 7 heteroatoms. The molecule has 1 atom stereocenters. The van der Waals surface area contributed by atoms with Crippen molar-refractivity contribution in [2.45, 2.75) is 6.04 Å². The van der Waals surface area contributed by atoms with E-state index in [-0.39, 0.29) is 23.2 Å². The molecule has 27 heavy (non-hydrogen) atoms. The van der Waals surface area contributed by atoms with Crippen LogP contribution in [0.2, 0.25) is 0 Å². The van der Waals surface area contributed by atoms with Gasteiger partial charge in [0.15, 0.2) is 0 Å². The first-order valence-electron chi connectivity index (χ1n) is 8.81. The fourth-order valence-electron chi connectivity index (χ4n) is 3.34. The van der Waals surface area contributed by atoms with E-state index in [9.17, 15) is 9.59 Å². The average Bonchev–Trinajstić information content (AvgIpc) is 3.14. The fraction of sp³-hybridized carbons (Fsp3) is 0.250. The van der Waals surface area contributed by atoms with Gasteiger partial charge in [-0.05, 0) is 30.3 Å². The quantitative estimate of drug-likeness (QED) is 0.710. The van der Waals surface area contributed by atoms with E-state index in [0.29, 0.717) is 25.4 Å². The number of hydrogen-bond acceptors (Lipinski definition) is 4. The molecule has 4 rings (SSSR count). The molecule has 138 valence electrons. The Labute approximate surface area is 156 Å². The Morgan fingerprint density at radius 3 is 2.67 bits per heavy atom. The zero-order valence-corrected chi connectivity index (χ0v) is 15.0. The summed E-state index contributed by atoms with van der Waals surface area (Å²) in [5, 5.41) is 4.32. The molecule has 0 N–H and O–H groups in total. The number of carbonyl (C=O) groups excluding carboxylic acids is 1. The van der Waals surface area contributed by atoms with Crippen LogP contribution in [0.4, 0.5) is 0 Å². The number of ether oxygens (including phenoxy) is 1. The van der Waals surface area contributed by atoms with E-state index in [4.69, 9.17) is 4.74 Å². The topological polar surface area (TPSA) is 69.4 Å². The van der Waals surface area contributed by atoms with Crippen molar-refractivity contribution in [3.05, 3.63) is 82.5 Å². The van der Waals surface area contributed by atoms with Crippen LogP contribution < -0.4 is 5.56 Å². The van der Waals surface area contributed by atoms with Crippen LogP contribution in [-0.2, 0) is 11.8 Å². The van der Waals surface area contributed by atoms with Crippen LogP contribution in [0, 0.1) is 0 Å². The van der Waals surface area contributed by atoms with Crippen molar-refractivity contribution >= 4 is 5.91 Å². The third-order valence-corrected chi connectivity index (χ3v) is 4.73. The molecule has 1 saturated heterocycles. The number of aryl methyl sites for hydroxylation is 1. The number of rotatable bonds is 3. The number of benzene rings is 1. The number of morpholine rings is 1. The smallest absolute Gasteiger partial charge is 0.275 e. The summed E-state index contributed by atoms with van der Waals surface area (Å²) < 4.78 is 8.85. The normalized spacial score (nSPS) is 17.1. The lowest BCUT2D eigenvalue weighted by molar-refractivity contribution is -0.00503. The van der Waals surface area contributed by atoms with Crippen molar-refractivity contribution in [2.75, 3.05) is 19.8 Å². The molecule has 2 aromatic heterocycles. The van der Waals surface area contributed by atoms with Crippen molar-refractivity contribution in [2.24, 2.45) is 7.05 Å². The molecule has 1 aliphatic rings. The van der Waals surface area contributed by atoms with Gasteiger partial charge in [0.1, 0.15) is 5.69 Å². The summed E-state index contributed by atoms with van der Waals surface area (Å²) in [7, 11) is 1.94. The van der Waals surface area contributed by atoms with Gasteiger partial charge in [-0.15, -0.1) is 0 Å². The lowest BCUT2D eigenvalue weighted by atomic mass is 10.1. The minimum absolute atomic E-state index is 0.190. The van der Waals surface area contributed by atoms with E-state index in [1.807, 2.05) is 48.1 Å². The first kappa shape index (κ1) is 17.2. The molecule has 0 saturated carbocycles. The Balaban J connectivity index is 1.69. The predicted octanol–water partition coefficient (Wildman–Crippen LogP) is 1.78. The molecule has 0 radical (unpaired) electrons. The number of para-hydroxylation sites is 1. The van der Waals surface area contributed by atoms with Gasteiger partial charge in [0.05, 0.1) is 24.9 Å². The zero-order valence-electron chi connectivity index (χ0n) is 15.0. The van der Waals surface area contributed by atoms with Gasteiger partial charge < -0.3 is 14.2 Å². The van der Waals surface area contributed by atoms with Crippen LogP contribution in [0.5, 0.6) is 0 Å². The van der Waals surface area contributed by atoms with Gasteiger partial charge >= 0.3 is 0 Å². The second-order valence-electron chi connectivity index (χ2n) is 6.44. The second kappa shape index (κ2) is 7.20. The van der Waals surface area contributed by atoms with Crippen molar-refractivity contribution in [3.8, 4) is 5.69 Å². The van der Waals surface area contributed by atoms with Crippen LogP contribution in [-0.4, -0.2) is 44.9 Å². The summed E-state index contributed by atoms with van der Waals surface area (Å²) >= 11 is 0. The highest BCUT2D eigenvalue weighted by atomic mass is 16.5. The third kappa shape index (κ3) is 3.29. The van der Waals surface area contributed by atoms with E-state index < -0.39 is 0 Å². The summed E-state index contributed by atoms with van der Waals surface area (Å²) in [6.45, 7) is 1.38. The zero-order chi connectivity index (χ0) is 18.8. The molecule has 1 amide bonds. The van der Waals surface area contributed by atoms with E-state index in [1.54, 1.807) is 17.0 Å². The molecular formula is C20H20N4O3. The van der Waals surface area contributed by atoms with E-state index in [1.165, 1.54) is 16.8 Å². The third-order valence-electron chi connectivity index (χ3n) is 4.73. The molecule has 3 aromatic rings. The lowest BCUT2D eigenvalue weighted by Crippen LogP contribution is -2.44. The highest BCUT2D eigenvalue weighted by Gasteiger charge is 2.31. The van der Waals surface area contributed by atoms with Crippen molar-refractivity contribution in [3.63, 3.8) is 0 Å². The van der Waals surface area contributed by atoms with E-state index in [0.717, 1.165) is 5.69 Å². The number of amides is 1. The monoisotopic (exact) mass is 364 g/mol. The molecule has 1 fully saturated rings. The van der Waals surface area contributed by atoms with Gasteiger partial charge in [-0.1, -0.05) is 18.2 Å². The minimum Gasteiger partial charge on any atom is -0.377 e. The maximum Gasteiger partial charge on any atom is 0.275 e. The summed E-state index contributed by atoms with van der Waals surface area (Å²) in [4.78, 5) is 27.2. The first-order valence-corrected chi connectivity index (χ1v) is 8.81. The summed E-state index contributed by atoms with van der Waals surface area (Å²) in [5.41, 5.74) is 1.58. The highest BCUT2D eigenvalue weighted by Crippen LogP contribution is 2.25. The molecule has 0 aliphatic carbocycles. The highest BCUT2D eigenvalue weighted by molar-refractivity contribution is 5.92. The van der Waals surface area contributed by atoms with Crippen LogP contribution >= 0.6 is 0 Å². The van der Waals surface area contributed by atoms with Crippen LogP contribution in [0.1, 0.15) is 22.2 Å². The number of carbonyl (C=O) groups is 1. The standard InChI is InChI=1S/C20H20N4O3/c1-22-11-5-8-17(22)18-14-27-13-12-23(18)20(26)16-9-10-19(25)24(21-16)15-6-3-2-4-7-15/h2-11,18H,12-14H2,1H3/t18-/m1/s1. The Hall–Kier alpha value is -3.19. The van der Waals surface area contributed by atoms with Gasteiger partial charge in [-0.3, -0.25) is 9.59 Å². The van der Waals surface area contributed by atoms with E-state index in [2.05, 4.69) is 5.10 Å².